The number of para-hydroxylation sites is 1. The summed E-state index contributed by atoms with van der Waals surface area (Å²) in [6.45, 7) is -0.0187. The summed E-state index contributed by atoms with van der Waals surface area (Å²) >= 11 is 1.25. The molecule has 0 spiro atoms. The maximum atomic E-state index is 12.8. The largest absolute Gasteiger partial charge is 0.488 e. The average molecular weight is 393 g/mol. The third kappa shape index (κ3) is 5.33. The summed E-state index contributed by atoms with van der Waals surface area (Å²) < 4.78 is 44.0. The number of amidine groups is 1. The molecule has 1 N–H and O–H groups in total. The molecular formula is C18H14F3N3O2S. The van der Waals surface area contributed by atoms with E-state index in [4.69, 9.17) is 4.74 Å². The number of thioether (sulfide) groups is 1. The summed E-state index contributed by atoms with van der Waals surface area (Å²) in [6, 6.07) is 11.9. The Bertz CT molecular complexity index is 897. The van der Waals surface area contributed by atoms with Gasteiger partial charge in [0, 0.05) is 5.56 Å². The first-order chi connectivity index (χ1) is 12.9. The van der Waals surface area contributed by atoms with Gasteiger partial charge in [0.25, 0.3) is 0 Å². The second-order valence-electron chi connectivity index (χ2n) is 5.51. The van der Waals surface area contributed by atoms with Gasteiger partial charge in [0.1, 0.15) is 12.4 Å². The highest BCUT2D eigenvalue weighted by Crippen LogP contribution is 2.30. The van der Waals surface area contributed by atoms with E-state index in [1.807, 2.05) is 0 Å². The Labute approximate surface area is 157 Å². The molecule has 0 unspecified atom stereocenters. The number of hydrogen-bond acceptors (Lipinski definition) is 5. The summed E-state index contributed by atoms with van der Waals surface area (Å²) in [5.41, 5.74) is 0.301. The van der Waals surface area contributed by atoms with Crippen molar-refractivity contribution < 1.29 is 22.7 Å². The molecular weight excluding hydrogens is 379 g/mol. The van der Waals surface area contributed by atoms with Crippen LogP contribution >= 0.6 is 11.8 Å². The Morgan fingerprint density at radius 3 is 2.74 bits per heavy atom. The van der Waals surface area contributed by atoms with Crippen molar-refractivity contribution >= 4 is 29.1 Å². The molecule has 3 rings (SSSR count). The Morgan fingerprint density at radius 1 is 1.19 bits per heavy atom. The summed E-state index contributed by atoms with van der Waals surface area (Å²) in [7, 11) is 0. The Hall–Kier alpha value is -2.81. The lowest BCUT2D eigenvalue weighted by atomic mass is 10.1. The minimum absolute atomic E-state index is 0.0187. The molecule has 1 heterocycles. The van der Waals surface area contributed by atoms with E-state index < -0.39 is 11.7 Å². The van der Waals surface area contributed by atoms with E-state index in [0.717, 1.165) is 12.1 Å². The SMILES string of the molecule is O=C1CSC(=NN=Cc2ccccc2OCc2cccc(C(F)(F)F)c2)N1. The molecule has 140 valence electrons. The van der Waals surface area contributed by atoms with E-state index in [1.54, 1.807) is 30.3 Å². The van der Waals surface area contributed by atoms with Gasteiger partial charge in [-0.05, 0) is 29.8 Å². The number of nitrogens with one attached hydrogen (secondary N) is 1. The molecule has 1 aliphatic heterocycles. The Morgan fingerprint density at radius 2 is 2.00 bits per heavy atom. The van der Waals surface area contributed by atoms with Crippen molar-refractivity contribution in [2.75, 3.05) is 5.75 Å². The quantitative estimate of drug-likeness (QED) is 0.620. The van der Waals surface area contributed by atoms with E-state index >= 15 is 0 Å². The highest BCUT2D eigenvalue weighted by molar-refractivity contribution is 8.15. The number of hydrogen-bond donors (Lipinski definition) is 1. The fourth-order valence-corrected chi connectivity index (χ4v) is 2.87. The molecule has 1 saturated heterocycles. The zero-order valence-corrected chi connectivity index (χ0v) is 14.7. The molecule has 0 saturated carbocycles. The first kappa shape index (κ1) is 19.0. The lowest BCUT2D eigenvalue weighted by molar-refractivity contribution is -0.137. The minimum atomic E-state index is -4.40. The lowest BCUT2D eigenvalue weighted by Crippen LogP contribution is -2.19. The summed E-state index contributed by atoms with van der Waals surface area (Å²) in [4.78, 5) is 11.1. The lowest BCUT2D eigenvalue weighted by Gasteiger charge is -2.11. The first-order valence-corrected chi connectivity index (χ1v) is 8.82. The Kier molecular flexibility index (Phi) is 5.80. The predicted octanol–water partition coefficient (Wildman–Crippen LogP) is 3.84. The number of alkyl halides is 3. The predicted molar refractivity (Wildman–Crippen MR) is 97.8 cm³/mol. The number of rotatable bonds is 5. The second-order valence-corrected chi connectivity index (χ2v) is 6.48. The van der Waals surface area contributed by atoms with Gasteiger partial charge in [0.2, 0.25) is 5.91 Å². The van der Waals surface area contributed by atoms with Crippen LogP contribution in [0.4, 0.5) is 13.2 Å². The third-order valence-corrected chi connectivity index (χ3v) is 4.36. The van der Waals surface area contributed by atoms with Crippen LogP contribution in [-0.4, -0.2) is 23.0 Å². The van der Waals surface area contributed by atoms with Crippen molar-refractivity contribution in [2.45, 2.75) is 12.8 Å². The van der Waals surface area contributed by atoms with E-state index in [-0.39, 0.29) is 12.5 Å². The van der Waals surface area contributed by atoms with Crippen molar-refractivity contribution in [3.05, 3.63) is 65.2 Å². The zero-order valence-electron chi connectivity index (χ0n) is 13.9. The molecule has 1 amide bonds. The van der Waals surface area contributed by atoms with E-state index in [0.29, 0.717) is 27.8 Å². The van der Waals surface area contributed by atoms with E-state index in [1.165, 1.54) is 24.0 Å². The molecule has 1 aliphatic rings. The average Bonchev–Trinajstić information content (AvgIpc) is 3.06. The molecule has 2 aromatic rings. The monoisotopic (exact) mass is 393 g/mol. The molecule has 9 heteroatoms. The number of ether oxygens (including phenoxy) is 1. The van der Waals surface area contributed by atoms with Crippen LogP contribution in [0.1, 0.15) is 16.7 Å². The molecule has 27 heavy (non-hydrogen) atoms. The molecule has 2 aromatic carbocycles. The maximum absolute atomic E-state index is 12.8. The van der Waals surface area contributed by atoms with Gasteiger partial charge < -0.3 is 10.1 Å². The summed E-state index contributed by atoms with van der Waals surface area (Å²) in [6.07, 6.45) is -2.94. The van der Waals surface area contributed by atoms with Gasteiger partial charge in [-0.25, -0.2) is 0 Å². The van der Waals surface area contributed by atoms with Gasteiger partial charge in [-0.3, -0.25) is 4.79 Å². The van der Waals surface area contributed by atoms with Crippen molar-refractivity contribution in [2.24, 2.45) is 10.2 Å². The molecule has 0 radical (unpaired) electrons. The van der Waals surface area contributed by atoms with Crippen LogP contribution in [0.3, 0.4) is 0 Å². The standard InChI is InChI=1S/C18H14F3N3O2S/c19-18(20,21)14-6-3-4-12(8-14)10-26-15-7-2-1-5-13(15)9-22-24-17-23-16(25)11-27-17/h1-9H,10-11H2,(H,23,24,25). The van der Waals surface area contributed by atoms with Gasteiger partial charge in [0.05, 0.1) is 17.5 Å². The number of nitrogens with zero attached hydrogens (tertiary/aromatic N) is 2. The minimum Gasteiger partial charge on any atom is -0.488 e. The van der Waals surface area contributed by atoms with Gasteiger partial charge >= 0.3 is 6.18 Å². The van der Waals surface area contributed by atoms with E-state index in [2.05, 4.69) is 15.5 Å². The van der Waals surface area contributed by atoms with Crippen molar-refractivity contribution in [3.8, 4) is 5.75 Å². The number of carbonyl (C=O) groups excluding carboxylic acids is 1. The summed E-state index contributed by atoms with van der Waals surface area (Å²) in [5.74, 6) is 0.645. The van der Waals surface area contributed by atoms with Crippen LogP contribution in [0.2, 0.25) is 0 Å². The third-order valence-electron chi connectivity index (χ3n) is 3.50. The number of amides is 1. The number of halogens is 3. The van der Waals surface area contributed by atoms with Crippen LogP contribution in [0.15, 0.2) is 58.7 Å². The molecule has 0 atom stereocenters. The first-order valence-electron chi connectivity index (χ1n) is 7.83. The maximum Gasteiger partial charge on any atom is 0.416 e. The van der Waals surface area contributed by atoms with Gasteiger partial charge in [-0.2, -0.15) is 18.3 Å². The number of carbonyl (C=O) groups is 1. The van der Waals surface area contributed by atoms with E-state index in [9.17, 15) is 18.0 Å². The fraction of sp³-hybridized carbons (Fsp3) is 0.167. The van der Waals surface area contributed by atoms with Crippen LogP contribution in [0.25, 0.3) is 0 Å². The normalized spacial score (nSPS) is 16.1. The fourth-order valence-electron chi connectivity index (χ4n) is 2.24. The number of benzene rings is 2. The van der Waals surface area contributed by atoms with Gasteiger partial charge in [-0.1, -0.05) is 36.0 Å². The van der Waals surface area contributed by atoms with Crippen molar-refractivity contribution in [1.82, 2.24) is 5.32 Å². The van der Waals surface area contributed by atoms with Crippen LogP contribution in [0.5, 0.6) is 5.75 Å². The molecule has 0 aliphatic carbocycles. The van der Waals surface area contributed by atoms with Crippen LogP contribution < -0.4 is 10.1 Å². The smallest absolute Gasteiger partial charge is 0.416 e. The Balaban J connectivity index is 1.69. The molecule has 0 aromatic heterocycles. The van der Waals surface area contributed by atoms with Crippen LogP contribution in [0, 0.1) is 0 Å². The highest BCUT2D eigenvalue weighted by atomic mass is 32.2. The van der Waals surface area contributed by atoms with Gasteiger partial charge in [-0.15, -0.1) is 5.10 Å². The topological polar surface area (TPSA) is 63.0 Å². The van der Waals surface area contributed by atoms with Crippen LogP contribution in [-0.2, 0) is 17.6 Å². The highest BCUT2D eigenvalue weighted by Gasteiger charge is 2.30. The van der Waals surface area contributed by atoms with Crippen molar-refractivity contribution in [1.29, 1.82) is 0 Å². The molecule has 1 fully saturated rings. The summed E-state index contributed by atoms with van der Waals surface area (Å²) in [5, 5.41) is 10.8. The molecule has 5 nitrogen and oxygen atoms in total. The second kappa shape index (κ2) is 8.26. The van der Waals surface area contributed by atoms with Gasteiger partial charge in [0.15, 0.2) is 5.17 Å². The molecule has 0 bridgehead atoms. The van der Waals surface area contributed by atoms with Crippen molar-refractivity contribution in [3.63, 3.8) is 0 Å². The zero-order chi connectivity index (χ0) is 19.3.